The first-order valence-corrected chi connectivity index (χ1v) is 15.8. The van der Waals surface area contributed by atoms with E-state index in [9.17, 15) is 19.5 Å². The predicted molar refractivity (Wildman–Crippen MR) is 174 cm³/mol. The van der Waals surface area contributed by atoms with Gasteiger partial charge in [-0.25, -0.2) is 9.59 Å². The summed E-state index contributed by atoms with van der Waals surface area (Å²) < 4.78 is 11.4. The van der Waals surface area contributed by atoms with Crippen LogP contribution in [0.15, 0.2) is 66.7 Å². The summed E-state index contributed by atoms with van der Waals surface area (Å²) in [5.74, 6) is -1.89. The van der Waals surface area contributed by atoms with Crippen molar-refractivity contribution in [1.29, 1.82) is 0 Å². The maximum absolute atomic E-state index is 12.9. The number of rotatable bonds is 20. The number of hydrogen-bond donors (Lipinski definition) is 3. The van der Waals surface area contributed by atoms with Crippen LogP contribution in [0.5, 0.6) is 5.75 Å². The molecule has 0 saturated heterocycles. The van der Waals surface area contributed by atoms with E-state index in [4.69, 9.17) is 15.2 Å². The van der Waals surface area contributed by atoms with Gasteiger partial charge in [-0.15, -0.1) is 0 Å². The Bertz CT molecular complexity index is 1360. The molecule has 0 heterocycles. The van der Waals surface area contributed by atoms with Gasteiger partial charge in [0.1, 0.15) is 12.4 Å². The van der Waals surface area contributed by atoms with Gasteiger partial charge in [0, 0.05) is 0 Å². The molecule has 3 rings (SSSR count). The lowest BCUT2D eigenvalue weighted by Gasteiger charge is -2.13. The van der Waals surface area contributed by atoms with Crippen molar-refractivity contribution in [2.24, 2.45) is 0 Å². The van der Waals surface area contributed by atoms with Crippen LogP contribution in [0.4, 0.5) is 11.4 Å². The summed E-state index contributed by atoms with van der Waals surface area (Å²) in [5.41, 5.74) is 7.58. The molecule has 3 aromatic carbocycles. The third kappa shape index (κ3) is 11.4. The predicted octanol–water partition coefficient (Wildman–Crippen LogP) is 8.66. The zero-order valence-corrected chi connectivity index (χ0v) is 25.8. The molecule has 0 spiro atoms. The number of carbonyl (C=O) groups is 3. The van der Waals surface area contributed by atoms with E-state index in [0.717, 1.165) is 12.8 Å². The van der Waals surface area contributed by atoms with E-state index in [2.05, 4.69) is 12.2 Å². The number of carbonyl (C=O) groups excluding carboxylic acids is 2. The van der Waals surface area contributed by atoms with E-state index in [1.807, 2.05) is 0 Å². The third-order valence-electron chi connectivity index (χ3n) is 7.50. The number of amides is 1. The van der Waals surface area contributed by atoms with Gasteiger partial charge in [-0.2, -0.15) is 0 Å². The molecule has 0 saturated carbocycles. The minimum atomic E-state index is -1.22. The Morgan fingerprint density at radius 2 is 1.30 bits per heavy atom. The lowest BCUT2D eigenvalue weighted by molar-refractivity contribution is 0.0473. The fourth-order valence-electron chi connectivity index (χ4n) is 5.00. The number of anilines is 2. The van der Waals surface area contributed by atoms with Crippen molar-refractivity contribution in [3.05, 3.63) is 89.0 Å². The molecule has 0 aliphatic heterocycles. The quantitative estimate of drug-likeness (QED) is 0.0670. The highest BCUT2D eigenvalue weighted by Crippen LogP contribution is 2.25. The van der Waals surface area contributed by atoms with Crippen molar-refractivity contribution in [3.8, 4) is 5.75 Å². The smallest absolute Gasteiger partial charge is 0.340 e. The highest BCUT2D eigenvalue weighted by Gasteiger charge is 2.19. The van der Waals surface area contributed by atoms with Crippen molar-refractivity contribution < 1.29 is 29.0 Å². The molecule has 1 amide bonds. The number of nitrogens with two attached hydrogens (primary N) is 1. The highest BCUT2D eigenvalue weighted by atomic mass is 16.5. The van der Waals surface area contributed by atoms with E-state index in [0.29, 0.717) is 23.6 Å². The molecule has 8 nitrogen and oxygen atoms in total. The van der Waals surface area contributed by atoms with Crippen molar-refractivity contribution in [2.45, 2.75) is 90.6 Å². The largest absolute Gasteiger partial charge is 0.491 e. The van der Waals surface area contributed by atoms with Crippen molar-refractivity contribution in [2.75, 3.05) is 17.7 Å². The first-order valence-electron chi connectivity index (χ1n) is 15.8. The number of carboxylic acids is 1. The molecular weight excluding hydrogens is 556 g/mol. The summed E-state index contributed by atoms with van der Waals surface area (Å²) >= 11 is 0. The first kappa shape index (κ1) is 34.2. The van der Waals surface area contributed by atoms with Crippen molar-refractivity contribution in [3.63, 3.8) is 0 Å². The second-order valence-corrected chi connectivity index (χ2v) is 11.0. The molecule has 44 heavy (non-hydrogen) atoms. The molecule has 0 unspecified atom stereocenters. The number of nitrogens with one attached hydrogen (secondary N) is 1. The molecule has 0 aromatic heterocycles. The molecule has 8 heteroatoms. The van der Waals surface area contributed by atoms with Gasteiger partial charge in [0.05, 0.1) is 34.7 Å². The van der Waals surface area contributed by atoms with Crippen LogP contribution in [0.2, 0.25) is 0 Å². The minimum Gasteiger partial charge on any atom is -0.491 e. The number of benzene rings is 3. The van der Waals surface area contributed by atoms with E-state index >= 15 is 0 Å². The van der Waals surface area contributed by atoms with Gasteiger partial charge < -0.3 is 25.6 Å². The molecular formula is C36H46N2O6. The normalized spacial score (nSPS) is 10.8. The standard InChI is InChI=1S/C36H46N2O6/c1-2-3-4-5-6-7-8-9-10-11-12-17-24-43-33-23-22-27(25-31(33)37)26-44-36(42)30-20-15-16-21-32(30)38-34(39)28-18-13-14-19-29(28)35(40)41/h13-16,18-23,25H,2-12,17,24,26,37H2,1H3,(H,38,39)(H,40,41). The van der Waals surface area contributed by atoms with Crippen LogP contribution in [0.3, 0.4) is 0 Å². The summed E-state index contributed by atoms with van der Waals surface area (Å²) in [7, 11) is 0. The van der Waals surface area contributed by atoms with Crippen LogP contribution in [0, 0.1) is 0 Å². The number of hydrogen-bond acceptors (Lipinski definition) is 6. The average molecular weight is 603 g/mol. The van der Waals surface area contributed by atoms with Crippen LogP contribution in [0.1, 0.15) is 121 Å². The van der Waals surface area contributed by atoms with Crippen molar-refractivity contribution in [1.82, 2.24) is 0 Å². The lowest BCUT2D eigenvalue weighted by Crippen LogP contribution is -2.18. The molecule has 0 aliphatic rings. The number of ether oxygens (including phenoxy) is 2. The Morgan fingerprint density at radius 3 is 1.91 bits per heavy atom. The number of aromatic carboxylic acids is 1. The zero-order valence-electron chi connectivity index (χ0n) is 25.8. The van der Waals surface area contributed by atoms with Gasteiger partial charge in [0.15, 0.2) is 0 Å². The fourth-order valence-corrected chi connectivity index (χ4v) is 5.00. The Labute approximate surface area is 261 Å². The second kappa shape index (κ2) is 19.1. The van der Waals surface area contributed by atoms with Crippen LogP contribution >= 0.6 is 0 Å². The van der Waals surface area contributed by atoms with Crippen LogP contribution < -0.4 is 15.8 Å². The fraction of sp³-hybridized carbons (Fsp3) is 0.417. The van der Waals surface area contributed by atoms with Crippen LogP contribution in [-0.4, -0.2) is 29.6 Å². The molecule has 236 valence electrons. The van der Waals surface area contributed by atoms with Gasteiger partial charge in [-0.05, 0) is 48.4 Å². The zero-order chi connectivity index (χ0) is 31.6. The monoisotopic (exact) mass is 602 g/mol. The average Bonchev–Trinajstić information content (AvgIpc) is 3.03. The number of esters is 1. The number of para-hydroxylation sites is 1. The van der Waals surface area contributed by atoms with Crippen LogP contribution in [-0.2, 0) is 11.3 Å². The Balaban J connectivity index is 1.40. The lowest BCUT2D eigenvalue weighted by atomic mass is 10.1. The maximum Gasteiger partial charge on any atom is 0.340 e. The Hall–Kier alpha value is -4.33. The van der Waals surface area contributed by atoms with Crippen molar-refractivity contribution >= 4 is 29.2 Å². The van der Waals surface area contributed by atoms with E-state index in [1.54, 1.807) is 42.5 Å². The van der Waals surface area contributed by atoms with Gasteiger partial charge in [-0.3, -0.25) is 4.79 Å². The molecule has 3 aromatic rings. The summed E-state index contributed by atoms with van der Waals surface area (Å²) in [5, 5.41) is 12.0. The van der Waals surface area contributed by atoms with Gasteiger partial charge >= 0.3 is 11.9 Å². The summed E-state index contributed by atoms with van der Waals surface area (Å²) in [6.45, 7) is 2.84. The molecule has 0 fully saturated rings. The van der Waals surface area contributed by atoms with E-state index in [-0.39, 0.29) is 29.0 Å². The summed E-state index contributed by atoms with van der Waals surface area (Å²) in [4.78, 5) is 37.2. The van der Waals surface area contributed by atoms with E-state index < -0.39 is 17.8 Å². The topological polar surface area (TPSA) is 128 Å². The number of carboxylic acid groups (broad SMARTS) is 1. The first-order chi connectivity index (χ1) is 21.4. The highest BCUT2D eigenvalue weighted by molar-refractivity contribution is 6.12. The summed E-state index contributed by atoms with van der Waals surface area (Å²) in [6.07, 6.45) is 15.4. The molecule has 0 bridgehead atoms. The molecule has 4 N–H and O–H groups in total. The second-order valence-electron chi connectivity index (χ2n) is 11.0. The van der Waals surface area contributed by atoms with E-state index in [1.165, 1.54) is 88.5 Å². The van der Waals surface area contributed by atoms with Crippen LogP contribution in [0.25, 0.3) is 0 Å². The molecule has 0 aliphatic carbocycles. The number of nitrogen functional groups attached to an aromatic ring is 1. The SMILES string of the molecule is CCCCCCCCCCCCCCOc1ccc(COC(=O)c2ccccc2NC(=O)c2ccccc2C(=O)O)cc1N. The third-order valence-corrected chi connectivity index (χ3v) is 7.50. The molecule has 0 radical (unpaired) electrons. The Morgan fingerprint density at radius 1 is 0.727 bits per heavy atom. The molecule has 0 atom stereocenters. The maximum atomic E-state index is 12.9. The van der Waals surface area contributed by atoms with Gasteiger partial charge in [0.2, 0.25) is 0 Å². The summed E-state index contributed by atoms with van der Waals surface area (Å²) in [6, 6.07) is 17.6. The van der Waals surface area contributed by atoms with Gasteiger partial charge in [-0.1, -0.05) is 108 Å². The minimum absolute atomic E-state index is 0.0141. The Kier molecular flexibility index (Phi) is 14.8. The number of unbranched alkanes of at least 4 members (excludes halogenated alkanes) is 11. The van der Waals surface area contributed by atoms with Gasteiger partial charge in [0.25, 0.3) is 5.91 Å².